The summed E-state index contributed by atoms with van der Waals surface area (Å²) >= 11 is 0. The summed E-state index contributed by atoms with van der Waals surface area (Å²) in [5, 5.41) is 2.53. The van der Waals surface area contributed by atoms with Crippen molar-refractivity contribution in [2.24, 2.45) is 0 Å². The van der Waals surface area contributed by atoms with E-state index in [-0.39, 0.29) is 4.90 Å². The number of piperidine rings is 1. The first-order valence-corrected chi connectivity index (χ1v) is 9.57. The zero-order valence-electron chi connectivity index (χ0n) is 14.1. The average Bonchev–Trinajstić information content (AvgIpc) is 2.61. The van der Waals surface area contributed by atoms with Gasteiger partial charge in [0.15, 0.2) is 6.61 Å². The minimum atomic E-state index is -3.57. The summed E-state index contributed by atoms with van der Waals surface area (Å²) in [6.07, 6.45) is 5.46. The number of sulfonamides is 1. The van der Waals surface area contributed by atoms with Gasteiger partial charge in [0.05, 0.1) is 4.90 Å². The van der Waals surface area contributed by atoms with Gasteiger partial charge in [-0.2, -0.15) is 4.31 Å². The highest BCUT2D eigenvalue weighted by molar-refractivity contribution is 7.89. The molecule has 0 bridgehead atoms. The van der Waals surface area contributed by atoms with Gasteiger partial charge in [0.1, 0.15) is 0 Å². The van der Waals surface area contributed by atoms with Crippen molar-refractivity contribution in [2.45, 2.75) is 31.1 Å². The first-order valence-electron chi connectivity index (χ1n) is 8.13. The van der Waals surface area contributed by atoms with Gasteiger partial charge in [0.25, 0.3) is 5.91 Å². The molecule has 0 aromatic heterocycles. The maximum atomic E-state index is 12.6. The minimum absolute atomic E-state index is 0.137. The molecule has 25 heavy (non-hydrogen) atoms. The fourth-order valence-corrected chi connectivity index (χ4v) is 4.07. The molecule has 1 N–H and O–H groups in total. The number of anilines is 1. The topological polar surface area (TPSA) is 92.8 Å². The normalized spacial score (nSPS) is 15.9. The third kappa shape index (κ3) is 5.40. The molecule has 1 aliphatic rings. The van der Waals surface area contributed by atoms with Crippen LogP contribution >= 0.6 is 0 Å². The number of carbonyl (C=O) groups is 2. The van der Waals surface area contributed by atoms with Gasteiger partial charge >= 0.3 is 5.97 Å². The summed E-state index contributed by atoms with van der Waals surface area (Å²) in [5.41, 5.74) is 0.338. The zero-order chi connectivity index (χ0) is 18.3. The predicted molar refractivity (Wildman–Crippen MR) is 93.5 cm³/mol. The number of nitrogens with zero attached hydrogens (tertiary/aromatic N) is 1. The number of amides is 1. The van der Waals surface area contributed by atoms with E-state index in [1.54, 1.807) is 19.1 Å². The lowest BCUT2D eigenvalue weighted by molar-refractivity contribution is -0.142. The second-order valence-corrected chi connectivity index (χ2v) is 7.59. The quantitative estimate of drug-likeness (QED) is 0.613. The standard InChI is InChI=1S/C17H22N2O5S/c1-2-7-17(21)24-13-16(20)18-14-8-6-9-15(12-14)25(22,23)19-10-4-3-5-11-19/h2,6-9,12H,3-5,10-11,13H2,1H3,(H,18,20)/b7-2+. The molecule has 1 aliphatic heterocycles. The molecule has 0 atom stereocenters. The van der Waals surface area contributed by atoms with Crippen molar-refractivity contribution >= 4 is 27.6 Å². The van der Waals surface area contributed by atoms with Crippen LogP contribution in [0.4, 0.5) is 5.69 Å². The van der Waals surface area contributed by atoms with Gasteiger partial charge in [-0.05, 0) is 38.0 Å². The molecule has 8 heteroatoms. The molecule has 0 aliphatic carbocycles. The van der Waals surface area contributed by atoms with Gasteiger partial charge in [-0.1, -0.05) is 18.6 Å². The Hall–Kier alpha value is -2.19. The molecule has 1 heterocycles. The molecule has 2 rings (SSSR count). The monoisotopic (exact) mass is 366 g/mol. The van der Waals surface area contributed by atoms with Crippen molar-refractivity contribution in [2.75, 3.05) is 25.0 Å². The van der Waals surface area contributed by atoms with Crippen LogP contribution < -0.4 is 5.32 Å². The fourth-order valence-electron chi connectivity index (χ4n) is 2.51. The van der Waals surface area contributed by atoms with Crippen LogP contribution in [-0.2, 0) is 24.3 Å². The number of allylic oxidation sites excluding steroid dienone is 1. The Morgan fingerprint density at radius 1 is 1.24 bits per heavy atom. The Balaban J connectivity index is 2.03. The smallest absolute Gasteiger partial charge is 0.330 e. The van der Waals surface area contributed by atoms with Crippen LogP contribution in [0, 0.1) is 0 Å². The Morgan fingerprint density at radius 2 is 1.96 bits per heavy atom. The first kappa shape index (κ1) is 19.1. The van der Waals surface area contributed by atoms with Gasteiger partial charge in [0, 0.05) is 24.9 Å². The SMILES string of the molecule is C/C=C/C(=O)OCC(=O)Nc1cccc(S(=O)(=O)N2CCCCC2)c1. The van der Waals surface area contributed by atoms with E-state index in [0.717, 1.165) is 19.3 Å². The number of rotatable bonds is 6. The molecule has 1 aromatic rings. The largest absolute Gasteiger partial charge is 0.452 e. The molecule has 136 valence electrons. The Morgan fingerprint density at radius 3 is 2.64 bits per heavy atom. The second kappa shape index (κ2) is 8.77. The number of ether oxygens (including phenoxy) is 1. The van der Waals surface area contributed by atoms with Gasteiger partial charge in [-0.15, -0.1) is 0 Å². The van der Waals surface area contributed by atoms with E-state index in [2.05, 4.69) is 5.32 Å². The fraction of sp³-hybridized carbons (Fsp3) is 0.412. The first-order chi connectivity index (χ1) is 11.9. The lowest BCUT2D eigenvalue weighted by Gasteiger charge is -2.26. The van der Waals surface area contributed by atoms with E-state index in [9.17, 15) is 18.0 Å². The summed E-state index contributed by atoms with van der Waals surface area (Å²) in [7, 11) is -3.57. The van der Waals surface area contributed by atoms with Crippen LogP contribution in [0.1, 0.15) is 26.2 Å². The number of hydrogen-bond acceptors (Lipinski definition) is 5. The molecule has 0 radical (unpaired) electrons. The van der Waals surface area contributed by atoms with E-state index in [1.807, 2.05) is 0 Å². The minimum Gasteiger partial charge on any atom is -0.452 e. The highest BCUT2D eigenvalue weighted by atomic mass is 32.2. The van der Waals surface area contributed by atoms with Crippen molar-refractivity contribution in [1.82, 2.24) is 4.31 Å². The maximum Gasteiger partial charge on any atom is 0.330 e. The Kier molecular flexibility index (Phi) is 6.72. The van der Waals surface area contributed by atoms with E-state index < -0.39 is 28.5 Å². The van der Waals surface area contributed by atoms with Crippen LogP contribution in [0.3, 0.4) is 0 Å². The lowest BCUT2D eigenvalue weighted by Crippen LogP contribution is -2.35. The second-order valence-electron chi connectivity index (χ2n) is 5.65. The molecular weight excluding hydrogens is 344 g/mol. The Bertz CT molecular complexity index is 752. The summed E-state index contributed by atoms with van der Waals surface area (Å²) in [6.45, 7) is 2.25. The summed E-state index contributed by atoms with van der Waals surface area (Å²) < 4.78 is 31.5. The van der Waals surface area contributed by atoms with E-state index in [0.29, 0.717) is 18.8 Å². The molecule has 1 saturated heterocycles. The van der Waals surface area contributed by atoms with Crippen molar-refractivity contribution in [3.8, 4) is 0 Å². The summed E-state index contributed by atoms with van der Waals surface area (Å²) in [5.74, 6) is -1.15. The van der Waals surface area contributed by atoms with Crippen molar-refractivity contribution in [3.05, 3.63) is 36.4 Å². The van der Waals surface area contributed by atoms with Gasteiger partial charge < -0.3 is 10.1 Å². The van der Waals surface area contributed by atoms with E-state index in [4.69, 9.17) is 4.74 Å². The average molecular weight is 366 g/mol. The van der Waals surface area contributed by atoms with Gasteiger partial charge in [0.2, 0.25) is 10.0 Å². The van der Waals surface area contributed by atoms with Crippen LogP contribution in [0.15, 0.2) is 41.3 Å². The van der Waals surface area contributed by atoms with Crippen molar-refractivity contribution in [1.29, 1.82) is 0 Å². The molecule has 1 amide bonds. The van der Waals surface area contributed by atoms with E-state index in [1.165, 1.54) is 28.6 Å². The molecular formula is C17H22N2O5S. The van der Waals surface area contributed by atoms with Gasteiger partial charge in [-0.25, -0.2) is 13.2 Å². The van der Waals surface area contributed by atoms with Crippen LogP contribution in [0.5, 0.6) is 0 Å². The third-order valence-corrected chi connectivity index (χ3v) is 5.61. The summed E-state index contributed by atoms with van der Waals surface area (Å²) in [6, 6.07) is 6.07. The molecule has 7 nitrogen and oxygen atoms in total. The van der Waals surface area contributed by atoms with Crippen LogP contribution in [-0.4, -0.2) is 44.3 Å². The van der Waals surface area contributed by atoms with Crippen molar-refractivity contribution in [3.63, 3.8) is 0 Å². The number of carbonyl (C=O) groups excluding carboxylic acids is 2. The highest BCUT2D eigenvalue weighted by Gasteiger charge is 2.26. The molecule has 1 fully saturated rings. The number of nitrogens with one attached hydrogen (secondary N) is 1. The van der Waals surface area contributed by atoms with Crippen molar-refractivity contribution < 1.29 is 22.7 Å². The maximum absolute atomic E-state index is 12.6. The predicted octanol–water partition coefficient (Wildman–Crippen LogP) is 1.92. The lowest BCUT2D eigenvalue weighted by atomic mass is 10.2. The number of esters is 1. The number of benzene rings is 1. The highest BCUT2D eigenvalue weighted by Crippen LogP contribution is 2.22. The molecule has 0 saturated carbocycles. The third-order valence-electron chi connectivity index (χ3n) is 3.72. The molecule has 1 aromatic carbocycles. The van der Waals surface area contributed by atoms with Crippen LogP contribution in [0.2, 0.25) is 0 Å². The van der Waals surface area contributed by atoms with Gasteiger partial charge in [-0.3, -0.25) is 4.79 Å². The molecule has 0 spiro atoms. The Labute approximate surface area is 147 Å². The number of hydrogen-bond donors (Lipinski definition) is 1. The van der Waals surface area contributed by atoms with Crippen LogP contribution in [0.25, 0.3) is 0 Å². The summed E-state index contributed by atoms with van der Waals surface area (Å²) in [4.78, 5) is 23.1. The van der Waals surface area contributed by atoms with E-state index >= 15 is 0 Å². The molecule has 0 unspecified atom stereocenters. The zero-order valence-corrected chi connectivity index (χ0v) is 14.9.